The van der Waals surface area contributed by atoms with Gasteiger partial charge >= 0.3 is 5.97 Å². The quantitative estimate of drug-likeness (QED) is 0.0563. The summed E-state index contributed by atoms with van der Waals surface area (Å²) < 4.78 is 62.6. The number of carboxylic acids is 1. The molecule has 452 valence electrons. The summed E-state index contributed by atoms with van der Waals surface area (Å²) in [6, 6.07) is 22.3. The van der Waals surface area contributed by atoms with Crippen molar-refractivity contribution in [3.05, 3.63) is 140 Å². The number of carbonyl (C=O) groups excluding carboxylic acids is 7. The van der Waals surface area contributed by atoms with Gasteiger partial charge in [0.2, 0.25) is 23.6 Å². The Hall–Kier alpha value is -8.47. The number of primary amides is 2. The van der Waals surface area contributed by atoms with E-state index in [0.717, 1.165) is 37.2 Å². The number of carboxylic acid groups (broad SMARTS) is 1. The van der Waals surface area contributed by atoms with Crippen LogP contribution in [0.3, 0.4) is 0 Å². The fourth-order valence-corrected chi connectivity index (χ4v) is 12.1. The fourth-order valence-electron chi connectivity index (χ4n) is 9.44. The molecule has 0 unspecified atom stereocenters. The van der Waals surface area contributed by atoms with Gasteiger partial charge in [-0.05, 0) is 50.5 Å². The average Bonchev–Trinajstić information content (AvgIpc) is 1.68. The van der Waals surface area contributed by atoms with Crippen LogP contribution in [0.25, 0.3) is 42.7 Å². The van der Waals surface area contributed by atoms with Gasteiger partial charge in [-0.2, -0.15) is 10.2 Å². The van der Waals surface area contributed by atoms with Crippen molar-refractivity contribution in [3.8, 4) is 22.3 Å². The first-order valence-corrected chi connectivity index (χ1v) is 28.0. The number of alkyl halides is 2. The Morgan fingerprint density at radius 3 is 1.37 bits per heavy atom. The Kier molecular flexibility index (Phi) is 21.0. The van der Waals surface area contributed by atoms with Crippen molar-refractivity contribution in [2.45, 2.75) is 50.4 Å². The largest absolute Gasteiger partial charge is 0.477 e. The van der Waals surface area contributed by atoms with Gasteiger partial charge in [0.05, 0.1) is 49.8 Å². The first kappa shape index (κ1) is 65.1. The standard InChI is InChI=1S/C28H25ClF2N6O4S.C26H20ClF2N5O5S.C2H7N.ClH/c1-35(2)28(41)21-11-19-25(42-21)24(26(32)39)34-37(19)13-22(38)36-12-14(30)10-20(36)27(40)33-18-9-5-7-16(23(18)31)15-6-3-4-8-17(15)29;27-15-6-2-1-4-13(15)14-5-3-7-16(21(14)29)31-25(37)18-8-12(28)10-33(18)20(35)11-34-17-9-19(26(38)39)40-23(17)22(32-34)24(30)36;1-3-2;/h3-9,11,14,20H,10,12-13H2,1-2H3,(H2,32,39)(H,33,40);1-7,9,12,18H,8,10-11H2,(H2,30,36)(H,31,37)(H,38,39);3H,1-2H3;1H/t14-,20+;12-,18+;;/m11../s1. The summed E-state index contributed by atoms with van der Waals surface area (Å²) in [5, 5.41) is 25.8. The van der Waals surface area contributed by atoms with Gasteiger partial charge in [0.1, 0.15) is 42.4 Å². The maximum absolute atomic E-state index is 15.4. The lowest BCUT2D eigenvalue weighted by molar-refractivity contribution is -0.137. The van der Waals surface area contributed by atoms with Crippen molar-refractivity contribution in [2.24, 2.45) is 11.5 Å². The molecule has 0 spiro atoms. The molecule has 2 saturated heterocycles. The number of benzene rings is 4. The number of nitrogens with one attached hydrogen (secondary N) is 3. The molecule has 7 amide bonds. The monoisotopic (exact) mass is 1280 g/mol. The van der Waals surface area contributed by atoms with Gasteiger partial charge in [0, 0.05) is 59.2 Å². The third kappa shape index (κ3) is 13.9. The highest BCUT2D eigenvalue weighted by atomic mass is 35.5. The van der Waals surface area contributed by atoms with Crippen molar-refractivity contribution >= 4 is 137 Å². The minimum absolute atomic E-state index is 0. The number of hydrogen-bond acceptors (Lipinski definition) is 13. The second-order valence-electron chi connectivity index (χ2n) is 19.5. The van der Waals surface area contributed by atoms with Crippen LogP contribution in [-0.4, -0.2) is 152 Å². The topological polar surface area (TPSA) is 290 Å². The van der Waals surface area contributed by atoms with Gasteiger partial charge in [-0.3, -0.25) is 42.9 Å². The maximum Gasteiger partial charge on any atom is 0.345 e. The smallest absolute Gasteiger partial charge is 0.345 e. The van der Waals surface area contributed by atoms with Crippen molar-refractivity contribution in [2.75, 3.05) is 51.9 Å². The highest BCUT2D eigenvalue weighted by Crippen LogP contribution is 2.37. The molecular weight excluding hydrogens is 1230 g/mol. The molecule has 21 nitrogen and oxygen atoms in total. The number of hydrogen-bond donors (Lipinski definition) is 6. The minimum Gasteiger partial charge on any atom is -0.477 e. The lowest BCUT2D eigenvalue weighted by Gasteiger charge is -2.24. The number of rotatable bonds is 14. The van der Waals surface area contributed by atoms with E-state index in [1.165, 1.54) is 52.0 Å². The third-order valence-corrected chi connectivity index (χ3v) is 16.2. The van der Waals surface area contributed by atoms with Crippen LogP contribution in [0, 0.1) is 11.6 Å². The zero-order valence-corrected chi connectivity index (χ0v) is 49.7. The summed E-state index contributed by atoms with van der Waals surface area (Å²) >= 11 is 14.2. The molecule has 30 heteroatoms. The molecule has 0 aliphatic carbocycles. The van der Waals surface area contributed by atoms with E-state index in [9.17, 15) is 52.2 Å². The predicted molar refractivity (Wildman–Crippen MR) is 320 cm³/mol. The van der Waals surface area contributed by atoms with Crippen LogP contribution in [0.4, 0.5) is 28.9 Å². The lowest BCUT2D eigenvalue weighted by Crippen LogP contribution is -2.44. The molecule has 2 aliphatic heterocycles. The number of nitrogens with two attached hydrogens (primary N) is 2. The van der Waals surface area contributed by atoms with Crippen molar-refractivity contribution < 1.29 is 61.0 Å². The van der Waals surface area contributed by atoms with Gasteiger partial charge in [-0.25, -0.2) is 22.4 Å². The van der Waals surface area contributed by atoms with Gasteiger partial charge in [-0.1, -0.05) is 83.9 Å². The number of halogens is 7. The summed E-state index contributed by atoms with van der Waals surface area (Å²) in [5.41, 5.74) is 11.8. The predicted octanol–water partition coefficient (Wildman–Crippen LogP) is 8.13. The van der Waals surface area contributed by atoms with E-state index in [0.29, 0.717) is 36.3 Å². The number of amides is 7. The van der Waals surface area contributed by atoms with Gasteiger partial charge in [0.25, 0.3) is 17.7 Å². The van der Waals surface area contributed by atoms with Crippen LogP contribution in [-0.2, 0) is 32.3 Å². The highest BCUT2D eigenvalue weighted by Gasteiger charge is 2.42. The molecule has 4 atom stereocenters. The van der Waals surface area contributed by atoms with E-state index in [1.54, 1.807) is 68.7 Å². The van der Waals surface area contributed by atoms with Crippen LogP contribution in [0.1, 0.15) is 53.2 Å². The first-order chi connectivity index (χ1) is 40.4. The third-order valence-electron chi connectivity index (χ3n) is 13.3. The normalized spacial score (nSPS) is 16.1. The average molecular weight is 1280 g/mol. The van der Waals surface area contributed by atoms with E-state index < -0.39 is 97.1 Å². The SMILES string of the molecule is CN(C)C(=O)c1cc2c(s1)c(C(N)=O)nn2CC(=O)N1C[C@H](F)C[C@H]1C(=O)Nc1cccc(-c2ccccc2Cl)c1F.CNC.Cl.NC(=O)c1nn(CC(=O)N2C[C@H](F)C[C@H]2C(=O)Nc2cccc(-c3ccccc3Cl)c2F)c2cc(C(=O)O)sc12. The number of thiophene rings is 2. The summed E-state index contributed by atoms with van der Waals surface area (Å²) in [5.74, 6) is -7.73. The Morgan fingerprint density at radius 1 is 0.628 bits per heavy atom. The van der Waals surface area contributed by atoms with Gasteiger partial charge in [-0.15, -0.1) is 35.1 Å². The van der Waals surface area contributed by atoms with E-state index in [-0.39, 0.29) is 86.7 Å². The molecule has 4 aromatic heterocycles. The molecule has 0 saturated carbocycles. The summed E-state index contributed by atoms with van der Waals surface area (Å²) in [6.07, 6.45) is -3.61. The zero-order valence-electron chi connectivity index (χ0n) is 45.8. The Balaban J connectivity index is 0.000000233. The number of aromatic carboxylic acids is 1. The van der Waals surface area contributed by atoms with E-state index in [1.807, 2.05) is 14.1 Å². The number of carbonyl (C=O) groups is 8. The second-order valence-corrected chi connectivity index (χ2v) is 22.4. The molecule has 2 aliphatic rings. The number of aromatic nitrogens is 4. The minimum atomic E-state index is -1.52. The van der Waals surface area contributed by atoms with E-state index in [2.05, 4.69) is 26.1 Å². The molecule has 4 aromatic carbocycles. The summed E-state index contributed by atoms with van der Waals surface area (Å²) in [7, 11) is 6.89. The highest BCUT2D eigenvalue weighted by molar-refractivity contribution is 7.21. The number of nitrogens with zero attached hydrogens (tertiary/aromatic N) is 7. The Labute approximate surface area is 511 Å². The first-order valence-electron chi connectivity index (χ1n) is 25.6. The van der Waals surface area contributed by atoms with Crippen molar-refractivity contribution in [1.82, 2.24) is 39.6 Å². The number of anilines is 2. The van der Waals surface area contributed by atoms with Crippen LogP contribution < -0.4 is 27.4 Å². The van der Waals surface area contributed by atoms with Crippen molar-refractivity contribution in [3.63, 3.8) is 0 Å². The maximum atomic E-state index is 15.4. The molecule has 0 bridgehead atoms. The Morgan fingerprint density at radius 2 is 1.00 bits per heavy atom. The molecule has 10 rings (SSSR count). The molecule has 86 heavy (non-hydrogen) atoms. The number of likely N-dealkylation sites (tertiary alicyclic amines) is 2. The van der Waals surface area contributed by atoms with Crippen molar-refractivity contribution in [1.29, 1.82) is 0 Å². The molecule has 8 N–H and O–H groups in total. The van der Waals surface area contributed by atoms with E-state index >= 15 is 8.78 Å². The van der Waals surface area contributed by atoms with Gasteiger partial charge in [0.15, 0.2) is 23.0 Å². The molecule has 8 aromatic rings. The molecule has 0 radical (unpaired) electrons. The van der Waals surface area contributed by atoms with Crippen LogP contribution in [0.5, 0.6) is 0 Å². The molecule has 6 heterocycles. The fraction of sp³-hybridized carbons (Fsp3) is 0.250. The zero-order chi connectivity index (χ0) is 61.7. The lowest BCUT2D eigenvalue weighted by atomic mass is 10.0. The number of fused-ring (bicyclic) bond motifs is 2. The Bertz CT molecular complexity index is 3950. The second kappa shape index (κ2) is 27.7. The van der Waals surface area contributed by atoms with Crippen LogP contribution >= 0.6 is 58.3 Å². The molecule has 2 fully saturated rings. The van der Waals surface area contributed by atoms with E-state index in [4.69, 9.17) is 34.7 Å². The molecular formula is C56H53Cl3F4N12O9S2. The van der Waals surface area contributed by atoms with Crippen LogP contribution in [0.2, 0.25) is 10.0 Å². The van der Waals surface area contributed by atoms with Crippen LogP contribution in [0.15, 0.2) is 97.1 Å². The van der Waals surface area contributed by atoms with Gasteiger partial charge < -0.3 is 47.2 Å². The summed E-state index contributed by atoms with van der Waals surface area (Å²) in [6.45, 7) is -1.73. The summed E-state index contributed by atoms with van der Waals surface area (Å²) in [4.78, 5) is 104.